The number of hydrogen-bond acceptors (Lipinski definition) is 9. The molecular weight excluding hydrogens is 432 g/mol. The Balaban J connectivity index is -0.000000133. The van der Waals surface area contributed by atoms with Crippen LogP contribution in [-0.4, -0.2) is 90.8 Å². The quantitative estimate of drug-likeness (QED) is 0.191. The molecule has 27 heavy (non-hydrogen) atoms. The van der Waals surface area contributed by atoms with Crippen molar-refractivity contribution in [2.45, 2.75) is 46.1 Å². The Hall–Kier alpha value is -0.390. The van der Waals surface area contributed by atoms with Crippen molar-refractivity contribution in [3.8, 4) is 0 Å². The monoisotopic (exact) mass is 464 g/mol. The van der Waals surface area contributed by atoms with E-state index in [1.54, 1.807) is 0 Å². The molecule has 0 radical (unpaired) electrons. The van der Waals surface area contributed by atoms with Crippen LogP contribution in [0.5, 0.6) is 0 Å². The molecule has 0 aromatic carbocycles. The average Bonchev–Trinajstić information content (AvgIpc) is 2.54. The predicted octanol–water partition coefficient (Wildman–Crippen LogP) is -0.815. The second kappa shape index (κ2) is 18.9. The molecule has 0 saturated heterocycles. The first-order chi connectivity index (χ1) is 12.0. The molecule has 0 aliphatic heterocycles. The van der Waals surface area contributed by atoms with Crippen molar-refractivity contribution in [2.24, 2.45) is 0 Å². The molecule has 0 bridgehead atoms. The Labute approximate surface area is 161 Å². The van der Waals surface area contributed by atoms with Crippen molar-refractivity contribution in [1.82, 2.24) is 0 Å². The summed E-state index contributed by atoms with van der Waals surface area (Å²) in [5, 5.41) is 25.4. The van der Waals surface area contributed by atoms with Gasteiger partial charge in [-0.3, -0.25) is 13.7 Å². The summed E-state index contributed by atoms with van der Waals surface area (Å²) in [6.07, 6.45) is 1.46. The van der Waals surface area contributed by atoms with Gasteiger partial charge in [0.25, 0.3) is 30.4 Å². The zero-order chi connectivity index (χ0) is 22.7. The molecule has 15 heteroatoms. The summed E-state index contributed by atoms with van der Waals surface area (Å²) in [7, 11) is -11.0. The molecule has 0 spiro atoms. The smallest absolute Gasteiger partial charge is 0.264 e. The van der Waals surface area contributed by atoms with E-state index in [4.69, 9.17) is 29.0 Å². The van der Waals surface area contributed by atoms with Gasteiger partial charge in [-0.2, -0.15) is 25.3 Å². The highest BCUT2D eigenvalue weighted by molar-refractivity contribution is 7.86. The van der Waals surface area contributed by atoms with Crippen LogP contribution in [0.1, 0.15) is 40.0 Å². The van der Waals surface area contributed by atoms with Crippen LogP contribution >= 0.6 is 0 Å². The van der Waals surface area contributed by atoms with Crippen molar-refractivity contribution in [3.05, 3.63) is 0 Å². The van der Waals surface area contributed by atoms with Gasteiger partial charge < -0.3 is 15.3 Å². The van der Waals surface area contributed by atoms with Crippen LogP contribution in [-0.2, 0) is 30.4 Å². The molecule has 0 amide bonds. The topological polar surface area (TPSA) is 224 Å². The minimum absolute atomic E-state index is 0.165. The third-order valence-corrected chi connectivity index (χ3v) is 4.44. The van der Waals surface area contributed by atoms with Gasteiger partial charge in [-0.1, -0.05) is 0 Å². The van der Waals surface area contributed by atoms with Crippen molar-refractivity contribution < 1.29 is 54.2 Å². The lowest BCUT2D eigenvalue weighted by Gasteiger charge is -2.03. The molecule has 0 heterocycles. The van der Waals surface area contributed by atoms with Crippen LogP contribution in [0, 0.1) is 0 Å². The minimum Gasteiger partial charge on any atom is -0.396 e. The molecule has 1 unspecified atom stereocenters. The van der Waals surface area contributed by atoms with Crippen molar-refractivity contribution in [2.75, 3.05) is 30.5 Å². The van der Waals surface area contributed by atoms with Gasteiger partial charge in [-0.05, 0) is 40.0 Å². The summed E-state index contributed by atoms with van der Waals surface area (Å²) < 4.78 is 80.7. The van der Waals surface area contributed by atoms with Gasteiger partial charge >= 0.3 is 0 Å². The van der Waals surface area contributed by atoms with E-state index in [9.17, 15) is 25.3 Å². The molecule has 0 aromatic rings. The lowest BCUT2D eigenvalue weighted by Crippen LogP contribution is -2.11. The lowest BCUT2D eigenvalue weighted by molar-refractivity contribution is 0.0848. The number of aliphatic hydroxyl groups is 3. The fourth-order valence-electron chi connectivity index (χ4n) is 0.583. The highest BCUT2D eigenvalue weighted by atomic mass is 32.2. The molecule has 0 aromatic heterocycles. The second-order valence-electron chi connectivity index (χ2n) is 4.67. The molecule has 0 aliphatic carbocycles. The fourth-order valence-corrected chi connectivity index (χ4v) is 0.583. The van der Waals surface area contributed by atoms with Gasteiger partial charge in [0.2, 0.25) is 0 Å². The number of unbranched alkanes of at least 4 members (excludes halogenated alkanes) is 1. The maximum Gasteiger partial charge on any atom is 0.264 e. The summed E-state index contributed by atoms with van der Waals surface area (Å²) in [5.74, 6) is -0.604. The zero-order valence-electron chi connectivity index (χ0n) is 15.6. The van der Waals surface area contributed by atoms with Gasteiger partial charge in [-0.15, -0.1) is 0 Å². The first-order valence-corrected chi connectivity index (χ1v) is 12.6. The van der Waals surface area contributed by atoms with Gasteiger partial charge in [0, 0.05) is 6.61 Å². The summed E-state index contributed by atoms with van der Waals surface area (Å²) in [6.45, 7) is 4.10. The fraction of sp³-hybridized carbons (Fsp3) is 1.00. The zero-order valence-corrected chi connectivity index (χ0v) is 18.0. The SMILES string of the molecule is CCS(=O)(=O)O.CCS(=O)(=O)O.CCS(=O)(=O)O.OCCCCC(O)CO. The van der Waals surface area contributed by atoms with Crippen LogP contribution < -0.4 is 0 Å². The summed E-state index contributed by atoms with van der Waals surface area (Å²) in [5.41, 5.74) is 0. The maximum absolute atomic E-state index is 9.56. The molecule has 0 aliphatic rings. The third kappa shape index (κ3) is 58.6. The molecular formula is C12H32O12S3. The van der Waals surface area contributed by atoms with E-state index in [0.717, 1.165) is 6.42 Å². The largest absolute Gasteiger partial charge is 0.396 e. The molecule has 1 atom stereocenters. The van der Waals surface area contributed by atoms with Gasteiger partial charge in [0.05, 0.1) is 30.0 Å². The van der Waals surface area contributed by atoms with E-state index >= 15 is 0 Å². The van der Waals surface area contributed by atoms with Gasteiger partial charge in [0.15, 0.2) is 0 Å². The maximum atomic E-state index is 9.56. The first kappa shape index (κ1) is 34.1. The third-order valence-electron chi connectivity index (χ3n) is 2.25. The van der Waals surface area contributed by atoms with Crippen molar-refractivity contribution in [1.29, 1.82) is 0 Å². The summed E-state index contributed by atoms with van der Waals surface area (Å²) in [6, 6.07) is 0. The lowest BCUT2D eigenvalue weighted by atomic mass is 10.2. The molecule has 170 valence electrons. The molecule has 0 fully saturated rings. The Morgan fingerprint density at radius 1 is 0.667 bits per heavy atom. The minimum atomic E-state index is -3.66. The Kier molecular flexibility index (Phi) is 24.0. The van der Waals surface area contributed by atoms with Crippen LogP contribution in [0.2, 0.25) is 0 Å². The summed E-state index contributed by atoms with van der Waals surface area (Å²) in [4.78, 5) is 0. The van der Waals surface area contributed by atoms with Crippen LogP contribution in [0.4, 0.5) is 0 Å². The molecule has 0 rings (SSSR count). The standard InChI is InChI=1S/C6H14O3.3C2H6O3S/c7-4-2-1-3-6(9)5-8;3*1-2-6(3,4)5/h6-9H,1-5H2;3*2H2,1H3,(H,3,4,5). The average molecular weight is 465 g/mol. The first-order valence-electron chi connectivity index (χ1n) is 7.74. The summed E-state index contributed by atoms with van der Waals surface area (Å²) >= 11 is 0. The molecule has 0 saturated carbocycles. The van der Waals surface area contributed by atoms with E-state index in [1.165, 1.54) is 20.8 Å². The highest BCUT2D eigenvalue weighted by Gasteiger charge is 1.99. The van der Waals surface area contributed by atoms with Crippen LogP contribution in [0.3, 0.4) is 0 Å². The van der Waals surface area contributed by atoms with Crippen LogP contribution in [0.15, 0.2) is 0 Å². The van der Waals surface area contributed by atoms with E-state index in [0.29, 0.717) is 12.8 Å². The van der Waals surface area contributed by atoms with E-state index in [2.05, 4.69) is 0 Å². The van der Waals surface area contributed by atoms with Crippen molar-refractivity contribution >= 4 is 30.4 Å². The molecule has 12 nitrogen and oxygen atoms in total. The number of rotatable bonds is 8. The van der Waals surface area contributed by atoms with E-state index < -0.39 is 36.5 Å². The number of hydrogen-bond donors (Lipinski definition) is 6. The Bertz CT molecular complexity index is 534. The van der Waals surface area contributed by atoms with Crippen molar-refractivity contribution in [3.63, 3.8) is 0 Å². The molecule has 6 N–H and O–H groups in total. The Morgan fingerprint density at radius 2 is 0.926 bits per heavy atom. The van der Waals surface area contributed by atoms with Crippen LogP contribution in [0.25, 0.3) is 0 Å². The van der Waals surface area contributed by atoms with Gasteiger partial charge in [-0.25, -0.2) is 0 Å². The number of aliphatic hydroxyl groups excluding tert-OH is 3. The highest BCUT2D eigenvalue weighted by Crippen LogP contribution is 1.98. The van der Waals surface area contributed by atoms with E-state index in [-0.39, 0.29) is 30.5 Å². The van der Waals surface area contributed by atoms with E-state index in [1.807, 2.05) is 0 Å². The second-order valence-corrected chi connectivity index (χ2v) is 9.89. The Morgan fingerprint density at radius 3 is 1.07 bits per heavy atom. The predicted molar refractivity (Wildman–Crippen MR) is 100 cm³/mol. The van der Waals surface area contributed by atoms with Gasteiger partial charge in [0.1, 0.15) is 0 Å². The normalized spacial score (nSPS) is 12.3.